The molecule has 18 heavy (non-hydrogen) atoms. The summed E-state index contributed by atoms with van der Waals surface area (Å²) in [5, 5.41) is 20.3. The number of nitrogens with two attached hydrogens (primary N) is 1. The van der Waals surface area contributed by atoms with Crippen molar-refractivity contribution in [2.75, 3.05) is 37.9 Å². The lowest BCUT2D eigenvalue weighted by Crippen LogP contribution is -2.32. The molecular weight excluding hydrogens is 240 g/mol. The van der Waals surface area contributed by atoms with E-state index < -0.39 is 11.0 Å². The average Bonchev–Trinajstić information content (AvgIpc) is 2.28. The number of nitro groups is 1. The number of nitrogens with zero attached hydrogens (tertiary/aromatic N) is 3. The monoisotopic (exact) mass is 256 g/mol. The highest BCUT2D eigenvalue weighted by molar-refractivity contribution is 5.53. The standard InChI is InChI=1S/C10H16N4O4/c1-13(5-8(15)6-18-2)10-4-7(14(16)17)3-9(11)12-10/h3-4,8,15H,5-6H2,1-2H3,(H2,11,12). The fourth-order valence-electron chi connectivity index (χ4n) is 1.48. The van der Waals surface area contributed by atoms with Crippen LogP contribution in [-0.4, -0.2) is 48.4 Å². The molecule has 0 aromatic carbocycles. The first-order valence-electron chi connectivity index (χ1n) is 5.24. The Morgan fingerprint density at radius 2 is 2.33 bits per heavy atom. The van der Waals surface area contributed by atoms with E-state index in [1.807, 2.05) is 0 Å². The number of aromatic nitrogens is 1. The van der Waals surface area contributed by atoms with Crippen LogP contribution in [0.3, 0.4) is 0 Å². The van der Waals surface area contributed by atoms with Crippen LogP contribution in [0.4, 0.5) is 17.3 Å². The Morgan fingerprint density at radius 1 is 1.67 bits per heavy atom. The van der Waals surface area contributed by atoms with Gasteiger partial charge in [-0.3, -0.25) is 10.1 Å². The number of aliphatic hydroxyl groups is 1. The molecule has 0 bridgehead atoms. The smallest absolute Gasteiger partial charge is 0.276 e. The van der Waals surface area contributed by atoms with Gasteiger partial charge in [-0.25, -0.2) is 4.98 Å². The van der Waals surface area contributed by atoms with Gasteiger partial charge in [0.1, 0.15) is 11.6 Å². The summed E-state index contributed by atoms with van der Waals surface area (Å²) >= 11 is 0. The molecule has 1 aromatic heterocycles. The minimum absolute atomic E-state index is 0.0623. The second kappa shape index (κ2) is 6.12. The van der Waals surface area contributed by atoms with Gasteiger partial charge in [-0.15, -0.1) is 0 Å². The Hall–Kier alpha value is -1.93. The zero-order chi connectivity index (χ0) is 13.7. The lowest BCUT2D eigenvalue weighted by atomic mass is 10.3. The maximum absolute atomic E-state index is 10.7. The molecule has 100 valence electrons. The van der Waals surface area contributed by atoms with Crippen LogP contribution in [0.2, 0.25) is 0 Å². The molecule has 0 saturated carbocycles. The molecule has 0 fully saturated rings. The summed E-state index contributed by atoms with van der Waals surface area (Å²) in [6.45, 7) is 0.413. The topological polar surface area (TPSA) is 115 Å². The largest absolute Gasteiger partial charge is 0.389 e. The van der Waals surface area contributed by atoms with Crippen molar-refractivity contribution in [3.63, 3.8) is 0 Å². The second-order valence-corrected chi connectivity index (χ2v) is 3.86. The number of nitrogen functional groups attached to an aromatic ring is 1. The highest BCUT2D eigenvalue weighted by atomic mass is 16.6. The summed E-state index contributed by atoms with van der Waals surface area (Å²) < 4.78 is 4.80. The SMILES string of the molecule is COCC(O)CN(C)c1cc([N+](=O)[O-])cc(N)n1. The maximum atomic E-state index is 10.7. The Balaban J connectivity index is 2.85. The minimum Gasteiger partial charge on any atom is -0.389 e. The van der Waals surface area contributed by atoms with Crippen molar-refractivity contribution in [1.82, 2.24) is 4.98 Å². The quantitative estimate of drug-likeness (QED) is 0.544. The van der Waals surface area contributed by atoms with E-state index in [4.69, 9.17) is 10.5 Å². The van der Waals surface area contributed by atoms with Gasteiger partial charge in [0.2, 0.25) is 0 Å². The van der Waals surface area contributed by atoms with Gasteiger partial charge in [-0.05, 0) is 0 Å². The molecule has 8 heteroatoms. The van der Waals surface area contributed by atoms with Gasteiger partial charge in [0.25, 0.3) is 5.69 Å². The van der Waals surface area contributed by atoms with Gasteiger partial charge >= 0.3 is 0 Å². The van der Waals surface area contributed by atoms with E-state index in [9.17, 15) is 15.2 Å². The molecule has 1 unspecified atom stereocenters. The zero-order valence-electron chi connectivity index (χ0n) is 10.2. The molecule has 1 atom stereocenters. The third-order valence-corrected chi connectivity index (χ3v) is 2.26. The van der Waals surface area contributed by atoms with Crippen LogP contribution in [0.1, 0.15) is 0 Å². The van der Waals surface area contributed by atoms with Crippen molar-refractivity contribution in [2.45, 2.75) is 6.10 Å². The van der Waals surface area contributed by atoms with Crippen molar-refractivity contribution in [1.29, 1.82) is 0 Å². The predicted octanol–water partition coefficient (Wildman–Crippen LogP) is 0.0155. The number of pyridine rings is 1. The van der Waals surface area contributed by atoms with Gasteiger partial charge in [-0.1, -0.05) is 0 Å². The van der Waals surface area contributed by atoms with Crippen LogP contribution >= 0.6 is 0 Å². The Bertz CT molecular complexity index is 426. The Labute approximate surface area is 104 Å². The van der Waals surface area contributed by atoms with Crippen molar-refractivity contribution in [3.05, 3.63) is 22.2 Å². The fourth-order valence-corrected chi connectivity index (χ4v) is 1.48. The highest BCUT2D eigenvalue weighted by Gasteiger charge is 2.15. The Kier molecular flexibility index (Phi) is 4.81. The minimum atomic E-state index is -0.706. The molecule has 0 aliphatic heterocycles. The van der Waals surface area contributed by atoms with Gasteiger partial charge in [0.05, 0.1) is 29.8 Å². The number of hydrogen-bond acceptors (Lipinski definition) is 7. The molecule has 1 rings (SSSR count). The number of anilines is 2. The van der Waals surface area contributed by atoms with Crippen molar-refractivity contribution in [3.8, 4) is 0 Å². The third-order valence-electron chi connectivity index (χ3n) is 2.26. The second-order valence-electron chi connectivity index (χ2n) is 3.86. The molecular formula is C10H16N4O4. The molecule has 0 spiro atoms. The van der Waals surface area contributed by atoms with Gasteiger partial charge in [0.15, 0.2) is 0 Å². The number of hydrogen-bond donors (Lipinski definition) is 2. The predicted molar refractivity (Wildman–Crippen MR) is 66.5 cm³/mol. The van der Waals surface area contributed by atoms with Gasteiger partial charge in [0, 0.05) is 20.7 Å². The van der Waals surface area contributed by atoms with E-state index in [1.165, 1.54) is 19.2 Å². The van der Waals surface area contributed by atoms with E-state index in [1.54, 1.807) is 11.9 Å². The van der Waals surface area contributed by atoms with E-state index >= 15 is 0 Å². The third kappa shape index (κ3) is 3.82. The molecule has 0 aliphatic rings. The van der Waals surface area contributed by atoms with E-state index in [0.29, 0.717) is 5.82 Å². The molecule has 0 aliphatic carbocycles. The van der Waals surface area contributed by atoms with E-state index in [2.05, 4.69) is 4.98 Å². The molecule has 8 nitrogen and oxygen atoms in total. The van der Waals surface area contributed by atoms with Crippen molar-refractivity contribution < 1.29 is 14.8 Å². The lowest BCUT2D eigenvalue weighted by molar-refractivity contribution is -0.384. The van der Waals surface area contributed by atoms with E-state index in [0.717, 1.165) is 0 Å². The van der Waals surface area contributed by atoms with Crippen molar-refractivity contribution >= 4 is 17.3 Å². The molecule has 0 amide bonds. The average molecular weight is 256 g/mol. The fraction of sp³-hybridized carbons (Fsp3) is 0.500. The molecule has 0 saturated heterocycles. The van der Waals surface area contributed by atoms with Crippen LogP contribution in [0.25, 0.3) is 0 Å². The lowest BCUT2D eigenvalue weighted by Gasteiger charge is -2.21. The van der Waals surface area contributed by atoms with Crippen LogP contribution in [0, 0.1) is 10.1 Å². The van der Waals surface area contributed by atoms with Crippen LogP contribution in [0.15, 0.2) is 12.1 Å². The van der Waals surface area contributed by atoms with Crippen LogP contribution in [-0.2, 0) is 4.74 Å². The normalized spacial score (nSPS) is 12.2. The van der Waals surface area contributed by atoms with Crippen molar-refractivity contribution in [2.24, 2.45) is 0 Å². The summed E-state index contributed by atoms with van der Waals surface area (Å²) in [6.07, 6.45) is -0.706. The first-order valence-corrected chi connectivity index (χ1v) is 5.24. The van der Waals surface area contributed by atoms with Gasteiger partial charge in [-0.2, -0.15) is 0 Å². The number of methoxy groups -OCH3 is 1. The number of likely N-dealkylation sites (N-methyl/N-ethyl adjacent to an activating group) is 1. The first kappa shape index (κ1) is 14.1. The molecule has 1 heterocycles. The van der Waals surface area contributed by atoms with Crippen LogP contribution in [0.5, 0.6) is 0 Å². The number of ether oxygens (including phenoxy) is 1. The summed E-state index contributed by atoms with van der Waals surface area (Å²) in [6, 6.07) is 2.48. The summed E-state index contributed by atoms with van der Waals surface area (Å²) in [5.41, 5.74) is 5.36. The molecule has 3 N–H and O–H groups in total. The zero-order valence-corrected chi connectivity index (χ0v) is 10.2. The van der Waals surface area contributed by atoms with Gasteiger partial charge < -0.3 is 20.5 Å². The highest BCUT2D eigenvalue weighted by Crippen LogP contribution is 2.21. The summed E-state index contributed by atoms with van der Waals surface area (Å²) in [4.78, 5) is 15.7. The number of aliphatic hydroxyl groups excluding tert-OH is 1. The summed E-state index contributed by atoms with van der Waals surface area (Å²) in [5.74, 6) is 0.393. The summed E-state index contributed by atoms with van der Waals surface area (Å²) in [7, 11) is 3.14. The van der Waals surface area contributed by atoms with Crippen LogP contribution < -0.4 is 10.6 Å². The molecule has 1 aromatic rings. The maximum Gasteiger partial charge on any atom is 0.276 e. The first-order chi connectivity index (χ1) is 8.43. The number of rotatable bonds is 6. The Morgan fingerprint density at radius 3 is 2.89 bits per heavy atom. The van der Waals surface area contributed by atoms with E-state index in [-0.39, 0.29) is 24.7 Å². The molecule has 0 radical (unpaired) electrons.